The molecule has 0 radical (unpaired) electrons. The molecule has 6 nitrogen and oxygen atoms in total. The van der Waals surface area contributed by atoms with Crippen LogP contribution in [0.4, 0.5) is 5.13 Å². The van der Waals surface area contributed by atoms with E-state index in [4.69, 9.17) is 0 Å². The fraction of sp³-hybridized carbons (Fsp3) is 0.545. The molecule has 1 aromatic rings. The minimum Gasteiger partial charge on any atom is -0.465 e. The van der Waals surface area contributed by atoms with Crippen molar-refractivity contribution in [3.05, 3.63) is 11.1 Å². The first-order chi connectivity index (χ1) is 8.31. The Morgan fingerprint density at radius 3 is 2.67 bits per heavy atom. The van der Waals surface area contributed by atoms with Crippen molar-refractivity contribution < 1.29 is 14.3 Å². The minimum atomic E-state index is -0.431. The lowest BCUT2D eigenvalue weighted by Crippen LogP contribution is -2.43. The van der Waals surface area contributed by atoms with Gasteiger partial charge in [0, 0.05) is 5.54 Å². The normalized spacial score (nSPS) is 10.9. The van der Waals surface area contributed by atoms with E-state index in [0.29, 0.717) is 10.0 Å². The van der Waals surface area contributed by atoms with Gasteiger partial charge in [-0.2, -0.15) is 0 Å². The number of esters is 1. The molecule has 0 aliphatic rings. The number of aromatic nitrogens is 1. The van der Waals surface area contributed by atoms with Crippen molar-refractivity contribution in [2.45, 2.75) is 26.3 Å². The van der Waals surface area contributed by atoms with Crippen LogP contribution in [0.3, 0.4) is 0 Å². The third-order valence-corrected chi connectivity index (χ3v) is 2.74. The number of hydrogen-bond acceptors (Lipinski definition) is 6. The Bertz CT molecular complexity index is 437. The van der Waals surface area contributed by atoms with Crippen LogP contribution in [0.1, 0.15) is 30.4 Å². The first-order valence-electron chi connectivity index (χ1n) is 5.41. The summed E-state index contributed by atoms with van der Waals surface area (Å²) < 4.78 is 4.57. The molecular weight excluding hydrogens is 254 g/mol. The molecule has 1 amide bonds. The van der Waals surface area contributed by atoms with Crippen LogP contribution in [-0.2, 0) is 9.53 Å². The molecule has 0 atom stereocenters. The van der Waals surface area contributed by atoms with E-state index in [2.05, 4.69) is 20.4 Å². The quantitative estimate of drug-likeness (QED) is 0.806. The van der Waals surface area contributed by atoms with Gasteiger partial charge in [0.2, 0.25) is 5.91 Å². The van der Waals surface area contributed by atoms with Crippen molar-refractivity contribution in [1.82, 2.24) is 10.3 Å². The number of ether oxygens (including phenoxy) is 1. The number of hydrogen-bond donors (Lipinski definition) is 2. The maximum atomic E-state index is 11.5. The van der Waals surface area contributed by atoms with E-state index in [1.165, 1.54) is 13.3 Å². The summed E-state index contributed by atoms with van der Waals surface area (Å²) in [5, 5.41) is 6.18. The summed E-state index contributed by atoms with van der Waals surface area (Å²) in [5.74, 6) is -0.558. The van der Waals surface area contributed by atoms with Crippen LogP contribution < -0.4 is 10.6 Å². The monoisotopic (exact) mass is 271 g/mol. The highest BCUT2D eigenvalue weighted by Crippen LogP contribution is 2.18. The summed E-state index contributed by atoms with van der Waals surface area (Å²) >= 11 is 1.15. The summed E-state index contributed by atoms with van der Waals surface area (Å²) in [7, 11) is 1.31. The number of carbonyl (C=O) groups is 2. The van der Waals surface area contributed by atoms with Crippen molar-refractivity contribution in [1.29, 1.82) is 0 Å². The Hall–Kier alpha value is -1.63. The van der Waals surface area contributed by atoms with Crippen LogP contribution in [-0.4, -0.2) is 36.1 Å². The second-order valence-corrected chi connectivity index (χ2v) is 5.70. The lowest BCUT2D eigenvalue weighted by molar-refractivity contribution is -0.120. The Kier molecular flexibility index (Phi) is 4.66. The number of carbonyl (C=O) groups excluding carboxylic acids is 2. The number of nitrogens with zero attached hydrogens (tertiary/aromatic N) is 1. The Balaban J connectivity index is 2.47. The predicted octanol–water partition coefficient (Wildman–Crippen LogP) is 1.26. The molecule has 2 N–H and O–H groups in total. The summed E-state index contributed by atoms with van der Waals surface area (Å²) in [6.45, 7) is 5.84. The van der Waals surface area contributed by atoms with E-state index < -0.39 is 5.97 Å². The fourth-order valence-corrected chi connectivity index (χ4v) is 1.90. The fourth-order valence-electron chi connectivity index (χ4n) is 1.17. The second kappa shape index (κ2) is 5.81. The van der Waals surface area contributed by atoms with Crippen molar-refractivity contribution >= 4 is 28.3 Å². The van der Waals surface area contributed by atoms with E-state index >= 15 is 0 Å². The van der Waals surface area contributed by atoms with Crippen LogP contribution in [0.25, 0.3) is 0 Å². The van der Waals surface area contributed by atoms with Gasteiger partial charge in [0.1, 0.15) is 4.88 Å². The molecule has 0 aliphatic heterocycles. The number of rotatable bonds is 4. The molecule has 1 aromatic heterocycles. The number of thiazole rings is 1. The van der Waals surface area contributed by atoms with Gasteiger partial charge in [-0.15, -0.1) is 0 Å². The van der Waals surface area contributed by atoms with Crippen LogP contribution in [0.5, 0.6) is 0 Å². The summed E-state index contributed by atoms with van der Waals surface area (Å²) in [6.07, 6.45) is 1.42. The van der Waals surface area contributed by atoms with Gasteiger partial charge in [-0.3, -0.25) is 4.79 Å². The first kappa shape index (κ1) is 14.4. The van der Waals surface area contributed by atoms with Gasteiger partial charge in [0.15, 0.2) is 5.13 Å². The van der Waals surface area contributed by atoms with Crippen molar-refractivity contribution in [2.24, 2.45) is 0 Å². The Morgan fingerprint density at radius 2 is 2.11 bits per heavy atom. The van der Waals surface area contributed by atoms with E-state index in [1.54, 1.807) is 0 Å². The number of amides is 1. The molecule has 0 aromatic carbocycles. The summed E-state index contributed by atoms with van der Waals surface area (Å²) in [5.41, 5.74) is -0.265. The lowest BCUT2D eigenvalue weighted by Gasteiger charge is -2.20. The van der Waals surface area contributed by atoms with Gasteiger partial charge < -0.3 is 15.4 Å². The molecule has 7 heteroatoms. The van der Waals surface area contributed by atoms with Crippen molar-refractivity contribution in [2.75, 3.05) is 19.0 Å². The van der Waals surface area contributed by atoms with Gasteiger partial charge in [0.25, 0.3) is 0 Å². The van der Waals surface area contributed by atoms with Gasteiger partial charge in [0.05, 0.1) is 19.9 Å². The molecule has 0 fully saturated rings. The molecule has 1 heterocycles. The van der Waals surface area contributed by atoms with Gasteiger partial charge in [-0.25, -0.2) is 9.78 Å². The van der Waals surface area contributed by atoms with Crippen LogP contribution in [0.15, 0.2) is 6.20 Å². The zero-order valence-corrected chi connectivity index (χ0v) is 11.7. The molecule has 18 heavy (non-hydrogen) atoms. The predicted molar refractivity (Wildman–Crippen MR) is 69.8 cm³/mol. The summed E-state index contributed by atoms with van der Waals surface area (Å²) in [4.78, 5) is 27.1. The highest BCUT2D eigenvalue weighted by molar-refractivity contribution is 7.17. The standard InChI is InChI=1S/C11H17N3O3S/c1-11(2,3)14-8(15)6-13-10-12-5-7(18-10)9(16)17-4/h5H,6H2,1-4H3,(H,12,13)(H,14,15). The first-order valence-corrected chi connectivity index (χ1v) is 6.22. The molecule has 0 saturated carbocycles. The topological polar surface area (TPSA) is 80.3 Å². The molecule has 0 saturated heterocycles. The van der Waals surface area contributed by atoms with Crippen LogP contribution in [0.2, 0.25) is 0 Å². The zero-order valence-electron chi connectivity index (χ0n) is 10.9. The van der Waals surface area contributed by atoms with E-state index in [9.17, 15) is 9.59 Å². The molecule has 0 unspecified atom stereocenters. The molecule has 0 spiro atoms. The number of anilines is 1. The van der Waals surface area contributed by atoms with Gasteiger partial charge in [-0.1, -0.05) is 11.3 Å². The number of methoxy groups -OCH3 is 1. The number of nitrogens with one attached hydrogen (secondary N) is 2. The second-order valence-electron chi connectivity index (χ2n) is 4.67. The molecule has 0 aliphatic carbocycles. The highest BCUT2D eigenvalue weighted by atomic mass is 32.1. The van der Waals surface area contributed by atoms with E-state index in [1.807, 2.05) is 20.8 Å². The highest BCUT2D eigenvalue weighted by Gasteiger charge is 2.14. The third kappa shape index (κ3) is 4.70. The van der Waals surface area contributed by atoms with E-state index in [-0.39, 0.29) is 18.0 Å². The average Bonchev–Trinajstić information content (AvgIpc) is 2.71. The van der Waals surface area contributed by atoms with Gasteiger partial charge >= 0.3 is 5.97 Å². The maximum Gasteiger partial charge on any atom is 0.349 e. The van der Waals surface area contributed by atoms with Crippen molar-refractivity contribution in [3.63, 3.8) is 0 Å². The molecule has 1 rings (SSSR count). The Morgan fingerprint density at radius 1 is 1.44 bits per heavy atom. The van der Waals surface area contributed by atoms with Crippen LogP contribution in [0, 0.1) is 0 Å². The molecule has 100 valence electrons. The van der Waals surface area contributed by atoms with Gasteiger partial charge in [-0.05, 0) is 20.8 Å². The SMILES string of the molecule is COC(=O)c1cnc(NCC(=O)NC(C)(C)C)s1. The summed E-state index contributed by atoms with van der Waals surface area (Å²) in [6, 6.07) is 0. The van der Waals surface area contributed by atoms with Crippen LogP contribution >= 0.6 is 11.3 Å². The van der Waals surface area contributed by atoms with Crippen molar-refractivity contribution in [3.8, 4) is 0 Å². The lowest BCUT2D eigenvalue weighted by atomic mass is 10.1. The maximum absolute atomic E-state index is 11.5. The molecular formula is C11H17N3O3S. The minimum absolute atomic E-state index is 0.116. The smallest absolute Gasteiger partial charge is 0.349 e. The largest absolute Gasteiger partial charge is 0.465 e. The van der Waals surface area contributed by atoms with E-state index in [0.717, 1.165) is 11.3 Å². The molecule has 0 bridgehead atoms. The third-order valence-electron chi connectivity index (χ3n) is 1.81. The zero-order chi connectivity index (χ0) is 13.8. The average molecular weight is 271 g/mol. The Labute approximate surface area is 110 Å².